The molecule has 0 spiro atoms. The lowest BCUT2D eigenvalue weighted by molar-refractivity contribution is -0.140. The molecule has 0 aromatic heterocycles. The largest absolute Gasteiger partial charge is 0.350 e. The summed E-state index contributed by atoms with van der Waals surface area (Å²) in [6.45, 7) is 7.24. The summed E-state index contributed by atoms with van der Waals surface area (Å²) in [5.74, 6) is -0.827. The number of rotatable bonds is 10. The molecule has 208 valence electrons. The Balaban J connectivity index is 2.07. The van der Waals surface area contributed by atoms with Gasteiger partial charge >= 0.3 is 0 Å². The maximum Gasteiger partial charge on any atom is 0.244 e. The van der Waals surface area contributed by atoms with Gasteiger partial charge in [0.15, 0.2) is 0 Å². The summed E-state index contributed by atoms with van der Waals surface area (Å²) in [5.41, 5.74) is 2.50. The second-order valence-electron chi connectivity index (χ2n) is 10.7. The van der Waals surface area contributed by atoms with Crippen LogP contribution in [0.1, 0.15) is 37.5 Å². The van der Waals surface area contributed by atoms with Crippen LogP contribution in [0.2, 0.25) is 5.02 Å². The van der Waals surface area contributed by atoms with Crippen molar-refractivity contribution in [3.05, 3.63) is 101 Å². The van der Waals surface area contributed by atoms with Crippen LogP contribution in [0.3, 0.4) is 0 Å². The van der Waals surface area contributed by atoms with Gasteiger partial charge in [0.2, 0.25) is 21.8 Å². The number of hydrogen-bond donors (Lipinski definition) is 1. The monoisotopic (exact) mass is 569 g/mol. The highest BCUT2D eigenvalue weighted by Crippen LogP contribution is 2.23. The molecule has 0 aliphatic rings. The molecule has 39 heavy (non-hydrogen) atoms. The van der Waals surface area contributed by atoms with Crippen molar-refractivity contribution in [2.45, 2.75) is 52.2 Å². The summed E-state index contributed by atoms with van der Waals surface area (Å²) in [5, 5.41) is 3.35. The number of halogens is 1. The van der Waals surface area contributed by atoms with Gasteiger partial charge in [0.05, 0.1) is 11.9 Å². The van der Waals surface area contributed by atoms with Crippen LogP contribution < -0.4 is 9.62 Å². The highest BCUT2D eigenvalue weighted by atomic mass is 35.5. The van der Waals surface area contributed by atoms with Crippen LogP contribution in [0.5, 0.6) is 0 Å². The van der Waals surface area contributed by atoms with Gasteiger partial charge in [-0.25, -0.2) is 8.42 Å². The zero-order valence-electron chi connectivity index (χ0n) is 23.0. The standard InChI is InChI=1S/C30H36ClN3O4S/c1-22-14-16-24(17-15-22)20-33(27(29(36)32-30(2,3)4)18-23-10-7-6-8-11-23)28(35)21-34(39(5,37)38)26-13-9-12-25(31)19-26/h6-17,19,27H,18,20-21H2,1-5H3,(H,32,36). The lowest BCUT2D eigenvalue weighted by Crippen LogP contribution is -2.56. The van der Waals surface area contributed by atoms with E-state index < -0.39 is 34.1 Å². The van der Waals surface area contributed by atoms with Crippen LogP contribution in [0.25, 0.3) is 0 Å². The molecule has 0 aliphatic carbocycles. The molecular weight excluding hydrogens is 534 g/mol. The van der Waals surface area contributed by atoms with Crippen molar-refractivity contribution in [1.82, 2.24) is 10.2 Å². The van der Waals surface area contributed by atoms with Crippen LogP contribution >= 0.6 is 11.6 Å². The van der Waals surface area contributed by atoms with Crippen molar-refractivity contribution in [2.75, 3.05) is 17.1 Å². The fourth-order valence-electron chi connectivity index (χ4n) is 4.14. The summed E-state index contributed by atoms with van der Waals surface area (Å²) in [7, 11) is -3.85. The average molecular weight is 570 g/mol. The number of nitrogens with one attached hydrogen (secondary N) is 1. The van der Waals surface area contributed by atoms with Crippen LogP contribution in [0, 0.1) is 6.92 Å². The van der Waals surface area contributed by atoms with E-state index >= 15 is 0 Å². The van der Waals surface area contributed by atoms with E-state index in [1.807, 2.05) is 82.3 Å². The van der Waals surface area contributed by atoms with Gasteiger partial charge in [0, 0.05) is 23.5 Å². The minimum Gasteiger partial charge on any atom is -0.350 e. The number of amides is 2. The van der Waals surface area contributed by atoms with E-state index in [1.165, 1.54) is 11.0 Å². The molecule has 7 nitrogen and oxygen atoms in total. The third kappa shape index (κ3) is 9.11. The van der Waals surface area contributed by atoms with Crippen molar-refractivity contribution in [1.29, 1.82) is 0 Å². The Bertz CT molecular complexity index is 1390. The molecule has 0 aliphatic heterocycles. The van der Waals surface area contributed by atoms with Crippen molar-refractivity contribution >= 4 is 39.1 Å². The molecule has 1 N–H and O–H groups in total. The van der Waals surface area contributed by atoms with E-state index in [0.29, 0.717) is 5.02 Å². The SMILES string of the molecule is Cc1ccc(CN(C(=O)CN(c2cccc(Cl)c2)S(C)(=O)=O)C(Cc2ccccc2)C(=O)NC(C)(C)C)cc1. The number of hydrogen-bond acceptors (Lipinski definition) is 4. The van der Waals surface area contributed by atoms with Gasteiger partial charge in [-0.3, -0.25) is 13.9 Å². The predicted molar refractivity (Wildman–Crippen MR) is 157 cm³/mol. The van der Waals surface area contributed by atoms with Crippen LogP contribution in [0.15, 0.2) is 78.9 Å². The van der Waals surface area contributed by atoms with Crippen LogP contribution in [0.4, 0.5) is 5.69 Å². The maximum absolute atomic E-state index is 14.0. The topological polar surface area (TPSA) is 86.8 Å². The molecule has 3 rings (SSSR count). The Morgan fingerprint density at radius 3 is 2.13 bits per heavy atom. The van der Waals surface area contributed by atoms with E-state index in [4.69, 9.17) is 11.6 Å². The fraction of sp³-hybridized carbons (Fsp3) is 0.333. The molecule has 0 saturated carbocycles. The van der Waals surface area contributed by atoms with Crippen molar-refractivity contribution in [3.8, 4) is 0 Å². The van der Waals surface area contributed by atoms with Crippen LogP contribution in [-0.4, -0.2) is 49.5 Å². The Kier molecular flexibility index (Phi) is 9.80. The van der Waals surface area contributed by atoms with Gasteiger partial charge < -0.3 is 10.2 Å². The lowest BCUT2D eigenvalue weighted by atomic mass is 10.0. The Hall–Kier alpha value is -3.36. The molecule has 0 bridgehead atoms. The number of carbonyl (C=O) groups excluding carboxylic acids is 2. The second kappa shape index (κ2) is 12.7. The van der Waals surface area contributed by atoms with E-state index in [1.54, 1.807) is 18.2 Å². The molecule has 1 atom stereocenters. The predicted octanol–water partition coefficient (Wildman–Crippen LogP) is 4.97. The normalized spacial score (nSPS) is 12.5. The smallest absolute Gasteiger partial charge is 0.244 e. The number of nitrogens with zero attached hydrogens (tertiary/aromatic N) is 2. The summed E-state index contributed by atoms with van der Waals surface area (Å²) >= 11 is 6.13. The molecule has 0 saturated heterocycles. The van der Waals surface area contributed by atoms with Crippen LogP contribution in [-0.2, 0) is 32.6 Å². The van der Waals surface area contributed by atoms with E-state index in [0.717, 1.165) is 27.3 Å². The minimum absolute atomic E-state index is 0.126. The Labute approximate surface area is 236 Å². The van der Waals surface area contributed by atoms with E-state index in [2.05, 4.69) is 5.32 Å². The number of benzene rings is 3. The molecule has 0 heterocycles. The summed E-state index contributed by atoms with van der Waals surface area (Å²) < 4.78 is 26.6. The van der Waals surface area contributed by atoms with Crippen molar-refractivity contribution in [3.63, 3.8) is 0 Å². The maximum atomic E-state index is 14.0. The first-order valence-corrected chi connectivity index (χ1v) is 14.9. The molecule has 1 unspecified atom stereocenters. The zero-order valence-corrected chi connectivity index (χ0v) is 24.6. The van der Waals surface area contributed by atoms with Gasteiger partial charge in [-0.2, -0.15) is 0 Å². The van der Waals surface area contributed by atoms with Gasteiger partial charge in [-0.15, -0.1) is 0 Å². The van der Waals surface area contributed by atoms with Gasteiger partial charge in [0.1, 0.15) is 12.6 Å². The first-order valence-electron chi connectivity index (χ1n) is 12.7. The first-order chi connectivity index (χ1) is 18.2. The van der Waals surface area contributed by atoms with E-state index in [-0.39, 0.29) is 24.6 Å². The summed E-state index contributed by atoms with van der Waals surface area (Å²) in [6, 6.07) is 22.6. The van der Waals surface area contributed by atoms with Gasteiger partial charge in [0.25, 0.3) is 0 Å². The summed E-state index contributed by atoms with van der Waals surface area (Å²) in [4.78, 5) is 29.2. The minimum atomic E-state index is -3.85. The number of carbonyl (C=O) groups is 2. The van der Waals surface area contributed by atoms with Crippen molar-refractivity contribution < 1.29 is 18.0 Å². The Morgan fingerprint density at radius 2 is 1.56 bits per heavy atom. The molecule has 2 amide bonds. The average Bonchev–Trinajstić information content (AvgIpc) is 2.84. The number of sulfonamides is 1. The second-order valence-corrected chi connectivity index (χ2v) is 13.0. The molecule has 0 radical (unpaired) electrons. The molecule has 3 aromatic rings. The molecule has 9 heteroatoms. The van der Waals surface area contributed by atoms with E-state index in [9.17, 15) is 18.0 Å². The van der Waals surface area contributed by atoms with Crippen molar-refractivity contribution in [2.24, 2.45) is 0 Å². The fourth-order valence-corrected chi connectivity index (χ4v) is 5.17. The lowest BCUT2D eigenvalue weighted by Gasteiger charge is -2.35. The number of anilines is 1. The third-order valence-electron chi connectivity index (χ3n) is 6.02. The highest BCUT2D eigenvalue weighted by Gasteiger charge is 2.34. The first kappa shape index (κ1) is 30.2. The zero-order chi connectivity index (χ0) is 28.8. The van der Waals surface area contributed by atoms with Gasteiger partial charge in [-0.1, -0.05) is 77.8 Å². The Morgan fingerprint density at radius 1 is 0.923 bits per heavy atom. The molecular formula is C30H36ClN3O4S. The quantitative estimate of drug-likeness (QED) is 0.373. The summed E-state index contributed by atoms with van der Waals surface area (Å²) in [6.07, 6.45) is 1.30. The molecule has 0 fully saturated rings. The molecule has 3 aromatic carbocycles. The van der Waals surface area contributed by atoms with Gasteiger partial charge in [-0.05, 0) is 57.0 Å². The highest BCUT2D eigenvalue weighted by molar-refractivity contribution is 7.92. The number of aryl methyl sites for hydroxylation is 1. The third-order valence-corrected chi connectivity index (χ3v) is 7.39.